The van der Waals surface area contributed by atoms with E-state index in [-0.39, 0.29) is 29.8 Å². The Hall–Kier alpha value is -3.44. The van der Waals surface area contributed by atoms with Crippen LogP contribution in [0.2, 0.25) is 0 Å². The maximum atomic E-state index is 12.9. The fraction of sp³-hybridized carbons (Fsp3) is 0.300. The van der Waals surface area contributed by atoms with Crippen molar-refractivity contribution < 1.29 is 24.0 Å². The van der Waals surface area contributed by atoms with Crippen molar-refractivity contribution in [2.24, 2.45) is 0 Å². The second-order valence-electron chi connectivity index (χ2n) is 7.50. The first-order chi connectivity index (χ1) is 14.9. The molecular formula is C20H17N5O5S. The van der Waals surface area contributed by atoms with E-state index in [2.05, 4.69) is 20.9 Å². The normalized spacial score (nSPS) is 20.6. The van der Waals surface area contributed by atoms with Crippen molar-refractivity contribution in [2.45, 2.75) is 32.0 Å². The number of anilines is 1. The van der Waals surface area contributed by atoms with E-state index < -0.39 is 29.7 Å². The number of imide groups is 2. The van der Waals surface area contributed by atoms with Crippen molar-refractivity contribution in [3.8, 4) is 0 Å². The number of hydrogen-bond donors (Lipinski definition) is 3. The molecule has 1 atom stereocenters. The average Bonchev–Trinajstić information content (AvgIpc) is 3.27. The summed E-state index contributed by atoms with van der Waals surface area (Å²) in [5, 5.41) is 8.94. The zero-order valence-electron chi connectivity index (χ0n) is 16.2. The van der Waals surface area contributed by atoms with Gasteiger partial charge in [0.25, 0.3) is 11.8 Å². The van der Waals surface area contributed by atoms with Crippen LogP contribution in [0.1, 0.15) is 54.5 Å². The maximum absolute atomic E-state index is 12.9. The van der Waals surface area contributed by atoms with Crippen LogP contribution in [0.4, 0.5) is 5.13 Å². The molecule has 0 bridgehead atoms. The Kier molecular flexibility index (Phi) is 4.63. The third-order valence-electron chi connectivity index (χ3n) is 5.48. The van der Waals surface area contributed by atoms with Gasteiger partial charge in [-0.05, 0) is 24.1 Å². The second-order valence-corrected chi connectivity index (χ2v) is 8.50. The molecule has 1 saturated heterocycles. The number of carbonyl (C=O) groups is 5. The molecule has 31 heavy (non-hydrogen) atoms. The number of benzene rings is 1. The quantitative estimate of drug-likeness (QED) is 0.584. The number of amides is 4. The van der Waals surface area contributed by atoms with E-state index in [1.54, 1.807) is 18.2 Å². The van der Waals surface area contributed by atoms with Crippen LogP contribution in [0.5, 0.6) is 0 Å². The van der Waals surface area contributed by atoms with Gasteiger partial charge in [-0.25, -0.2) is 4.98 Å². The molecule has 0 saturated carbocycles. The minimum Gasteiger partial charge on any atom is -0.357 e. The minimum atomic E-state index is -0.987. The lowest BCUT2D eigenvalue weighted by Gasteiger charge is -2.27. The first kappa shape index (κ1) is 19.5. The number of nitrogens with zero attached hydrogens (tertiary/aromatic N) is 2. The molecule has 11 heteroatoms. The Morgan fingerprint density at radius 2 is 1.90 bits per heavy atom. The molecule has 1 aromatic carbocycles. The van der Waals surface area contributed by atoms with Gasteiger partial charge in [0, 0.05) is 19.5 Å². The van der Waals surface area contributed by atoms with Gasteiger partial charge in [-0.15, -0.1) is 0 Å². The highest BCUT2D eigenvalue weighted by atomic mass is 32.1. The monoisotopic (exact) mass is 439 g/mol. The van der Waals surface area contributed by atoms with Gasteiger partial charge < -0.3 is 10.6 Å². The predicted octanol–water partition coefficient (Wildman–Crippen LogP) is 0.442. The summed E-state index contributed by atoms with van der Waals surface area (Å²) < 4.78 is 0. The van der Waals surface area contributed by atoms with Crippen LogP contribution < -0.4 is 16.0 Å². The van der Waals surface area contributed by atoms with Crippen LogP contribution in [0, 0.1) is 0 Å². The van der Waals surface area contributed by atoms with Gasteiger partial charge >= 0.3 is 0 Å². The maximum Gasteiger partial charge on any atom is 0.262 e. The zero-order chi connectivity index (χ0) is 21.7. The Morgan fingerprint density at radius 3 is 2.68 bits per heavy atom. The number of carbonyl (C=O) groups excluding carboxylic acids is 5. The third kappa shape index (κ3) is 3.31. The molecule has 2 aromatic rings. The number of ketones is 1. The predicted molar refractivity (Wildman–Crippen MR) is 109 cm³/mol. The van der Waals surface area contributed by atoms with E-state index >= 15 is 0 Å². The summed E-state index contributed by atoms with van der Waals surface area (Å²) in [6, 6.07) is 3.93. The number of rotatable bonds is 4. The number of piperidine rings is 1. The number of aromatic nitrogens is 1. The molecular weight excluding hydrogens is 422 g/mol. The van der Waals surface area contributed by atoms with Crippen molar-refractivity contribution in [1.82, 2.24) is 20.5 Å². The molecule has 1 unspecified atom stereocenters. The van der Waals surface area contributed by atoms with Crippen molar-refractivity contribution in [3.63, 3.8) is 0 Å². The van der Waals surface area contributed by atoms with Crippen LogP contribution in [0.25, 0.3) is 0 Å². The van der Waals surface area contributed by atoms with Gasteiger partial charge in [0.15, 0.2) is 10.9 Å². The van der Waals surface area contributed by atoms with Crippen molar-refractivity contribution in [3.05, 3.63) is 45.5 Å². The SMILES string of the molecule is O=C1CCC(N2C(=O)c3ccc(CNc4nc5c(s4)C(=O)CNC5)cc3C2=O)C(=O)N1. The Bertz CT molecular complexity index is 1170. The fourth-order valence-corrected chi connectivity index (χ4v) is 4.86. The molecule has 158 valence electrons. The number of Topliss-reactive ketones (excluding diaryl/α,β-unsaturated/α-hetero) is 1. The van der Waals surface area contributed by atoms with Crippen molar-refractivity contribution in [2.75, 3.05) is 11.9 Å². The lowest BCUT2D eigenvalue weighted by atomic mass is 10.0. The first-order valence-electron chi connectivity index (χ1n) is 9.74. The third-order valence-corrected chi connectivity index (χ3v) is 6.57. The van der Waals surface area contributed by atoms with E-state index in [0.29, 0.717) is 29.6 Å². The van der Waals surface area contributed by atoms with Crippen LogP contribution in [0.15, 0.2) is 18.2 Å². The molecule has 3 N–H and O–H groups in total. The van der Waals surface area contributed by atoms with Gasteiger partial charge in [-0.1, -0.05) is 17.4 Å². The van der Waals surface area contributed by atoms with Gasteiger partial charge in [0.05, 0.1) is 28.2 Å². The van der Waals surface area contributed by atoms with Gasteiger partial charge in [-0.2, -0.15) is 0 Å². The Balaban J connectivity index is 1.33. The van der Waals surface area contributed by atoms with Gasteiger partial charge in [-0.3, -0.25) is 34.2 Å². The summed E-state index contributed by atoms with van der Waals surface area (Å²) in [4.78, 5) is 67.1. The highest BCUT2D eigenvalue weighted by Gasteiger charge is 2.44. The lowest BCUT2D eigenvalue weighted by molar-refractivity contribution is -0.136. The molecule has 3 aliphatic heterocycles. The smallest absolute Gasteiger partial charge is 0.262 e. The first-order valence-corrected chi connectivity index (χ1v) is 10.6. The molecule has 10 nitrogen and oxygen atoms in total. The van der Waals surface area contributed by atoms with Crippen LogP contribution in [-0.4, -0.2) is 51.9 Å². The highest BCUT2D eigenvalue weighted by Crippen LogP contribution is 2.29. The summed E-state index contributed by atoms with van der Waals surface area (Å²) in [6.45, 7) is 1.20. The minimum absolute atomic E-state index is 0.0157. The molecule has 0 spiro atoms. The van der Waals surface area contributed by atoms with Crippen LogP contribution in [-0.2, 0) is 22.7 Å². The summed E-state index contributed by atoms with van der Waals surface area (Å²) in [5.74, 6) is -2.11. The van der Waals surface area contributed by atoms with Gasteiger partial charge in [0.1, 0.15) is 6.04 Å². The number of thiazole rings is 1. The molecule has 5 rings (SSSR count). The van der Waals surface area contributed by atoms with E-state index in [4.69, 9.17) is 0 Å². The summed E-state index contributed by atoms with van der Waals surface area (Å²) in [7, 11) is 0. The molecule has 3 aliphatic rings. The van der Waals surface area contributed by atoms with Crippen molar-refractivity contribution in [1.29, 1.82) is 0 Å². The Morgan fingerprint density at radius 1 is 1.10 bits per heavy atom. The molecule has 0 radical (unpaired) electrons. The van der Waals surface area contributed by atoms with Gasteiger partial charge in [0.2, 0.25) is 11.8 Å². The molecule has 4 heterocycles. The zero-order valence-corrected chi connectivity index (χ0v) is 17.0. The van der Waals surface area contributed by atoms with E-state index in [1.165, 1.54) is 11.3 Å². The molecule has 0 aliphatic carbocycles. The number of nitrogens with one attached hydrogen (secondary N) is 3. The molecule has 1 fully saturated rings. The number of fused-ring (bicyclic) bond motifs is 2. The largest absolute Gasteiger partial charge is 0.357 e. The topological polar surface area (TPSA) is 138 Å². The van der Waals surface area contributed by atoms with Crippen molar-refractivity contribution >= 4 is 45.9 Å². The van der Waals surface area contributed by atoms with E-state index in [1.807, 2.05) is 0 Å². The fourth-order valence-electron chi connectivity index (χ4n) is 3.95. The average molecular weight is 439 g/mol. The second kappa shape index (κ2) is 7.36. The van der Waals surface area contributed by atoms with Crippen LogP contribution >= 0.6 is 11.3 Å². The highest BCUT2D eigenvalue weighted by molar-refractivity contribution is 7.17. The number of hydrogen-bond acceptors (Lipinski definition) is 9. The van der Waals surface area contributed by atoms with Crippen LogP contribution in [0.3, 0.4) is 0 Å². The lowest BCUT2D eigenvalue weighted by Crippen LogP contribution is -2.54. The molecule has 1 aromatic heterocycles. The van der Waals surface area contributed by atoms with E-state index in [0.717, 1.165) is 16.2 Å². The standard InChI is InChI=1S/C20H17N5O5S/c26-14-8-21-7-12-16(14)31-20(23-12)22-6-9-1-2-10-11(5-9)19(30)25(18(10)29)13-3-4-15(27)24-17(13)28/h1-2,5,13,21H,3-4,6-8H2,(H,22,23)(H,24,27,28). The summed E-state index contributed by atoms with van der Waals surface area (Å²) in [6.07, 6.45) is 0.196. The summed E-state index contributed by atoms with van der Waals surface area (Å²) in [5.41, 5.74) is 1.94. The molecule has 4 amide bonds. The Labute approximate surface area is 180 Å². The van der Waals surface area contributed by atoms with E-state index in [9.17, 15) is 24.0 Å². The summed E-state index contributed by atoms with van der Waals surface area (Å²) >= 11 is 1.30.